The smallest absolute Gasteiger partial charge is 0.247 e. The first-order valence-corrected chi connectivity index (χ1v) is 7.92. The lowest BCUT2D eigenvalue weighted by atomic mass is 10.3. The fourth-order valence-electron chi connectivity index (χ4n) is 2.14. The highest BCUT2D eigenvalue weighted by molar-refractivity contribution is 7.99. The third-order valence-corrected chi connectivity index (χ3v) is 4.19. The van der Waals surface area contributed by atoms with Crippen LogP contribution in [-0.2, 0) is 0 Å². The summed E-state index contributed by atoms with van der Waals surface area (Å²) in [5.41, 5.74) is 0. The van der Waals surface area contributed by atoms with Crippen molar-refractivity contribution in [2.24, 2.45) is 0 Å². The molecule has 1 aliphatic heterocycles. The maximum atomic E-state index is 2.59. The number of thioether (sulfide) groups is 1. The van der Waals surface area contributed by atoms with Gasteiger partial charge in [-0.2, -0.15) is 0 Å². The van der Waals surface area contributed by atoms with Gasteiger partial charge in [0.15, 0.2) is 0 Å². The van der Waals surface area contributed by atoms with E-state index in [1.54, 1.807) is 5.84 Å². The van der Waals surface area contributed by atoms with Crippen LogP contribution in [0.2, 0.25) is 0 Å². The molecule has 0 unspecified atom stereocenters. The third-order valence-electron chi connectivity index (χ3n) is 3.11. The van der Waals surface area contributed by atoms with Crippen molar-refractivity contribution in [3.63, 3.8) is 0 Å². The van der Waals surface area contributed by atoms with E-state index >= 15 is 0 Å². The van der Waals surface area contributed by atoms with E-state index in [2.05, 4.69) is 42.0 Å². The molecule has 0 atom stereocenters. The molecule has 1 rings (SSSR count). The first kappa shape index (κ1) is 13.9. The molecular weight excluding hydrogens is 216 g/mol. The fraction of sp³-hybridized carbons (Fsp3) is 0.923. The van der Waals surface area contributed by atoms with Crippen LogP contribution in [0.15, 0.2) is 0 Å². The summed E-state index contributed by atoms with van der Waals surface area (Å²) in [6.45, 7) is 10.5. The number of likely N-dealkylation sites (N-methyl/N-ethyl adjacent to an activating group) is 1. The summed E-state index contributed by atoms with van der Waals surface area (Å²) in [4.78, 5) is 2.55. The lowest BCUT2D eigenvalue weighted by molar-refractivity contribution is -0.498. The molecule has 0 bridgehead atoms. The molecule has 0 fully saturated rings. The fourth-order valence-corrected chi connectivity index (χ4v) is 3.26. The predicted molar refractivity (Wildman–Crippen MR) is 74.5 cm³/mol. The summed E-state index contributed by atoms with van der Waals surface area (Å²) in [7, 11) is 0. The molecule has 0 aromatic carbocycles. The Labute approximate surface area is 105 Å². The van der Waals surface area contributed by atoms with E-state index in [0.717, 1.165) is 0 Å². The van der Waals surface area contributed by atoms with Crippen molar-refractivity contribution < 1.29 is 4.58 Å². The Morgan fingerprint density at radius 1 is 1.25 bits per heavy atom. The molecule has 0 aromatic heterocycles. The second-order valence-electron chi connectivity index (χ2n) is 4.40. The number of hydrogen-bond donors (Lipinski definition) is 0. The third kappa shape index (κ3) is 4.00. The minimum Gasteiger partial charge on any atom is -0.262 e. The lowest BCUT2D eigenvalue weighted by Crippen LogP contribution is -2.29. The summed E-state index contributed by atoms with van der Waals surface area (Å²) >= 11 is 2.10. The first-order valence-electron chi connectivity index (χ1n) is 6.76. The molecule has 0 N–H and O–H groups in total. The van der Waals surface area contributed by atoms with Crippen molar-refractivity contribution in [3.05, 3.63) is 0 Å². The van der Waals surface area contributed by atoms with E-state index < -0.39 is 0 Å². The minimum absolute atomic E-state index is 1.17. The van der Waals surface area contributed by atoms with Crippen LogP contribution in [-0.4, -0.2) is 46.6 Å². The summed E-state index contributed by atoms with van der Waals surface area (Å²) < 4.78 is 2.59. The Hall–Kier alpha value is -0.180. The van der Waals surface area contributed by atoms with Crippen LogP contribution in [0.3, 0.4) is 0 Å². The first-order chi connectivity index (χ1) is 7.83. The van der Waals surface area contributed by atoms with Gasteiger partial charge < -0.3 is 0 Å². The van der Waals surface area contributed by atoms with Crippen LogP contribution in [0.1, 0.15) is 46.5 Å². The van der Waals surface area contributed by atoms with Crippen molar-refractivity contribution >= 4 is 17.6 Å². The molecule has 94 valence electrons. The highest BCUT2D eigenvalue weighted by atomic mass is 32.2. The number of rotatable bonds is 8. The van der Waals surface area contributed by atoms with E-state index in [-0.39, 0.29) is 0 Å². The Morgan fingerprint density at radius 3 is 2.69 bits per heavy atom. The molecule has 0 saturated carbocycles. The number of amidine groups is 1. The summed E-state index contributed by atoms with van der Waals surface area (Å²) in [5, 5.41) is 0. The average molecular weight is 243 g/mol. The zero-order chi connectivity index (χ0) is 11.8. The topological polar surface area (TPSA) is 6.25 Å². The largest absolute Gasteiger partial charge is 0.262 e. The van der Waals surface area contributed by atoms with E-state index in [9.17, 15) is 0 Å². The standard InChI is InChI=1S/C13H27N2S/c1-4-7-11-16-12-15-10-9-14(6-3)13(15)8-5-2/h4-12H2,1-3H3/q+1. The molecule has 2 nitrogen and oxygen atoms in total. The van der Waals surface area contributed by atoms with Crippen LogP contribution in [0.4, 0.5) is 0 Å². The number of nitrogens with zero attached hydrogens (tertiary/aromatic N) is 2. The zero-order valence-corrected chi connectivity index (χ0v) is 12.0. The van der Waals surface area contributed by atoms with Crippen LogP contribution >= 0.6 is 11.8 Å². The van der Waals surface area contributed by atoms with E-state index in [1.807, 2.05) is 0 Å². The molecule has 0 amide bonds. The van der Waals surface area contributed by atoms with Crippen LogP contribution in [0.5, 0.6) is 0 Å². The van der Waals surface area contributed by atoms with E-state index in [1.165, 1.54) is 56.9 Å². The van der Waals surface area contributed by atoms with Gasteiger partial charge in [-0.25, -0.2) is 0 Å². The van der Waals surface area contributed by atoms with Gasteiger partial charge in [-0.05, 0) is 25.5 Å². The van der Waals surface area contributed by atoms with Crippen molar-refractivity contribution in [3.8, 4) is 0 Å². The van der Waals surface area contributed by atoms with Crippen molar-refractivity contribution in [2.75, 3.05) is 31.3 Å². The predicted octanol–water partition coefficient (Wildman–Crippen LogP) is 3.02. The highest BCUT2D eigenvalue weighted by Gasteiger charge is 2.27. The second kappa shape index (κ2) is 7.99. The summed E-state index contributed by atoms with van der Waals surface area (Å²) in [6, 6.07) is 0. The van der Waals surface area contributed by atoms with Gasteiger partial charge in [-0.1, -0.05) is 20.3 Å². The number of unbranched alkanes of at least 4 members (excludes halogenated alkanes) is 1. The Balaban J connectivity index is 2.43. The molecule has 3 heteroatoms. The summed E-state index contributed by atoms with van der Waals surface area (Å²) in [5.74, 6) is 4.11. The molecule has 16 heavy (non-hydrogen) atoms. The van der Waals surface area contributed by atoms with Gasteiger partial charge in [0.25, 0.3) is 0 Å². The van der Waals surface area contributed by atoms with E-state index in [0.29, 0.717) is 0 Å². The van der Waals surface area contributed by atoms with Gasteiger partial charge in [0.05, 0.1) is 6.54 Å². The van der Waals surface area contributed by atoms with Gasteiger partial charge in [0, 0.05) is 6.42 Å². The van der Waals surface area contributed by atoms with Gasteiger partial charge in [0.2, 0.25) is 5.84 Å². The zero-order valence-electron chi connectivity index (χ0n) is 11.2. The Bertz CT molecular complexity index is 226. The molecule has 1 heterocycles. The molecular formula is C13H27N2S+. The Kier molecular flexibility index (Phi) is 6.93. The second-order valence-corrected chi connectivity index (χ2v) is 5.47. The van der Waals surface area contributed by atoms with Gasteiger partial charge >= 0.3 is 0 Å². The van der Waals surface area contributed by atoms with Gasteiger partial charge in [-0.3, -0.25) is 9.48 Å². The SMILES string of the molecule is CCCCSC[N+]1=C(CCC)N(CC)CC1. The normalized spacial score (nSPS) is 16.3. The minimum atomic E-state index is 1.17. The highest BCUT2D eigenvalue weighted by Crippen LogP contribution is 2.11. The van der Waals surface area contributed by atoms with Crippen LogP contribution in [0, 0.1) is 0 Å². The number of hydrogen-bond acceptors (Lipinski definition) is 2. The van der Waals surface area contributed by atoms with Crippen molar-refractivity contribution in [2.45, 2.75) is 46.5 Å². The van der Waals surface area contributed by atoms with Crippen molar-refractivity contribution in [1.29, 1.82) is 0 Å². The maximum absolute atomic E-state index is 2.59. The van der Waals surface area contributed by atoms with E-state index in [4.69, 9.17) is 0 Å². The molecule has 0 aromatic rings. The average Bonchev–Trinajstić information content (AvgIpc) is 2.68. The molecule has 0 spiro atoms. The maximum Gasteiger partial charge on any atom is 0.247 e. The van der Waals surface area contributed by atoms with Gasteiger partial charge in [-0.15, -0.1) is 11.8 Å². The molecule has 0 radical (unpaired) electrons. The van der Waals surface area contributed by atoms with Crippen LogP contribution in [0.25, 0.3) is 0 Å². The monoisotopic (exact) mass is 243 g/mol. The molecule has 1 aliphatic rings. The molecule has 0 saturated heterocycles. The Morgan fingerprint density at radius 2 is 2.06 bits per heavy atom. The summed E-state index contributed by atoms with van der Waals surface area (Å²) in [6.07, 6.45) is 5.20. The van der Waals surface area contributed by atoms with Crippen molar-refractivity contribution in [1.82, 2.24) is 4.90 Å². The lowest BCUT2D eigenvalue weighted by Gasteiger charge is -2.10. The quantitative estimate of drug-likeness (QED) is 0.477. The molecule has 0 aliphatic carbocycles. The van der Waals surface area contributed by atoms with Crippen LogP contribution < -0.4 is 0 Å². The van der Waals surface area contributed by atoms with Gasteiger partial charge in [0.1, 0.15) is 19.0 Å².